The number of rotatable bonds is 3. The number of nitrogens with zero attached hydrogens (tertiary/aromatic N) is 1. The van der Waals surface area contributed by atoms with Gasteiger partial charge >= 0.3 is 0 Å². The van der Waals surface area contributed by atoms with E-state index < -0.39 is 0 Å². The topological polar surface area (TPSA) is 48.1 Å². The Morgan fingerprint density at radius 1 is 1.58 bits per heavy atom. The van der Waals surface area contributed by atoms with Crippen LogP contribution in [0.3, 0.4) is 0 Å². The van der Waals surface area contributed by atoms with Crippen LogP contribution in [0.15, 0.2) is 12.4 Å². The van der Waals surface area contributed by atoms with E-state index in [0.717, 1.165) is 6.42 Å². The maximum atomic E-state index is 5.80. The Morgan fingerprint density at radius 2 is 2.33 bits per heavy atom. The number of halogens is 1. The maximum absolute atomic E-state index is 5.80. The average molecular weight is 187 g/mol. The molecule has 0 aromatic carbocycles. The smallest absolute Gasteiger partial charge is 0.163 e. The molecule has 12 heavy (non-hydrogen) atoms. The Hall–Kier alpha value is -0.960. The van der Waals surface area contributed by atoms with Gasteiger partial charge in [-0.05, 0) is 6.42 Å². The van der Waals surface area contributed by atoms with Gasteiger partial charge in [-0.2, -0.15) is 0 Å². The molecule has 1 aromatic rings. The number of anilines is 1. The fraction of sp³-hybridized carbons (Fsp3) is 0.375. The van der Waals surface area contributed by atoms with E-state index in [-0.39, 0.29) is 0 Å². The molecular formula is C8H11ClN2O. The maximum Gasteiger partial charge on any atom is 0.163 e. The fourth-order valence-corrected chi connectivity index (χ4v) is 1.01. The van der Waals surface area contributed by atoms with Crippen molar-refractivity contribution in [1.29, 1.82) is 0 Å². The van der Waals surface area contributed by atoms with Gasteiger partial charge in [0, 0.05) is 6.20 Å². The molecule has 0 fully saturated rings. The highest BCUT2D eigenvalue weighted by Crippen LogP contribution is 2.29. The van der Waals surface area contributed by atoms with E-state index in [1.807, 2.05) is 6.92 Å². The third-order valence-electron chi connectivity index (χ3n) is 1.33. The number of nitrogen functional groups attached to an aromatic ring is 1. The number of pyridine rings is 1. The molecule has 1 heterocycles. The summed E-state index contributed by atoms with van der Waals surface area (Å²) in [4.78, 5) is 3.82. The summed E-state index contributed by atoms with van der Waals surface area (Å²) in [6, 6.07) is 0. The van der Waals surface area contributed by atoms with E-state index in [2.05, 4.69) is 4.98 Å². The third kappa shape index (κ3) is 2.01. The lowest BCUT2D eigenvalue weighted by Crippen LogP contribution is -2.00. The van der Waals surface area contributed by atoms with Gasteiger partial charge in [-0.3, -0.25) is 4.98 Å². The third-order valence-corrected chi connectivity index (χ3v) is 1.60. The van der Waals surface area contributed by atoms with E-state index in [4.69, 9.17) is 22.1 Å². The molecular weight excluding hydrogens is 176 g/mol. The SMILES string of the molecule is CCCOc1c(N)cncc1Cl. The molecule has 0 saturated carbocycles. The van der Waals surface area contributed by atoms with Gasteiger partial charge in [0.15, 0.2) is 5.75 Å². The molecule has 0 unspecified atom stereocenters. The second kappa shape index (κ2) is 4.16. The number of hydrogen-bond acceptors (Lipinski definition) is 3. The molecule has 0 spiro atoms. The van der Waals surface area contributed by atoms with Crippen molar-refractivity contribution in [2.75, 3.05) is 12.3 Å². The van der Waals surface area contributed by atoms with Crippen molar-refractivity contribution in [3.8, 4) is 5.75 Å². The Kier molecular flexibility index (Phi) is 3.17. The van der Waals surface area contributed by atoms with Crippen molar-refractivity contribution in [2.45, 2.75) is 13.3 Å². The number of aromatic nitrogens is 1. The predicted molar refractivity (Wildman–Crippen MR) is 49.4 cm³/mol. The first-order chi connectivity index (χ1) is 5.75. The summed E-state index contributed by atoms with van der Waals surface area (Å²) in [7, 11) is 0. The van der Waals surface area contributed by atoms with Gasteiger partial charge in [0.05, 0.1) is 18.5 Å². The molecule has 0 radical (unpaired) electrons. The van der Waals surface area contributed by atoms with Crippen LogP contribution in [-0.2, 0) is 0 Å². The van der Waals surface area contributed by atoms with Crippen molar-refractivity contribution >= 4 is 17.3 Å². The number of ether oxygens (including phenoxy) is 1. The van der Waals surface area contributed by atoms with Crippen molar-refractivity contribution in [2.24, 2.45) is 0 Å². The van der Waals surface area contributed by atoms with Crippen molar-refractivity contribution < 1.29 is 4.74 Å². The molecule has 66 valence electrons. The van der Waals surface area contributed by atoms with Gasteiger partial charge in [0.25, 0.3) is 0 Å². The first-order valence-corrected chi connectivity index (χ1v) is 4.15. The molecule has 3 nitrogen and oxygen atoms in total. The lowest BCUT2D eigenvalue weighted by Gasteiger charge is -2.07. The minimum atomic E-state index is 0.462. The van der Waals surface area contributed by atoms with E-state index in [1.54, 1.807) is 0 Å². The van der Waals surface area contributed by atoms with Crippen molar-refractivity contribution in [1.82, 2.24) is 4.98 Å². The van der Waals surface area contributed by atoms with E-state index >= 15 is 0 Å². The first kappa shape index (κ1) is 9.13. The van der Waals surface area contributed by atoms with Crippen molar-refractivity contribution in [3.63, 3.8) is 0 Å². The summed E-state index contributed by atoms with van der Waals surface area (Å²) in [5, 5.41) is 0.462. The summed E-state index contributed by atoms with van der Waals surface area (Å²) < 4.78 is 5.32. The minimum Gasteiger partial charge on any atom is -0.490 e. The van der Waals surface area contributed by atoms with Crippen molar-refractivity contribution in [3.05, 3.63) is 17.4 Å². The first-order valence-electron chi connectivity index (χ1n) is 3.77. The zero-order valence-corrected chi connectivity index (χ0v) is 7.64. The molecule has 0 aliphatic heterocycles. The van der Waals surface area contributed by atoms with Crippen LogP contribution in [0, 0.1) is 0 Å². The fourth-order valence-electron chi connectivity index (χ4n) is 0.795. The lowest BCUT2D eigenvalue weighted by molar-refractivity contribution is 0.319. The monoisotopic (exact) mass is 186 g/mol. The van der Waals surface area contributed by atoms with Gasteiger partial charge in [-0.1, -0.05) is 18.5 Å². The van der Waals surface area contributed by atoms with Gasteiger partial charge in [-0.15, -0.1) is 0 Å². The highest BCUT2D eigenvalue weighted by atomic mass is 35.5. The normalized spacial score (nSPS) is 9.83. The molecule has 0 aliphatic carbocycles. The van der Waals surface area contributed by atoms with Crippen LogP contribution in [0.1, 0.15) is 13.3 Å². The molecule has 2 N–H and O–H groups in total. The Labute approximate surface area is 76.5 Å². The van der Waals surface area contributed by atoms with Gasteiger partial charge in [-0.25, -0.2) is 0 Å². The summed E-state index contributed by atoms with van der Waals surface area (Å²) in [6.45, 7) is 2.64. The van der Waals surface area contributed by atoms with E-state index in [1.165, 1.54) is 12.4 Å². The molecule has 0 bridgehead atoms. The zero-order chi connectivity index (χ0) is 8.97. The van der Waals surface area contributed by atoms with Crippen LogP contribution in [-0.4, -0.2) is 11.6 Å². The Bertz CT molecular complexity index is 245. The molecule has 0 saturated heterocycles. The molecule has 0 amide bonds. The zero-order valence-electron chi connectivity index (χ0n) is 6.88. The van der Waals surface area contributed by atoms with Crippen LogP contribution < -0.4 is 10.5 Å². The summed E-state index contributed by atoms with van der Waals surface area (Å²) in [5.74, 6) is 0.536. The number of hydrogen-bond donors (Lipinski definition) is 1. The largest absolute Gasteiger partial charge is 0.490 e. The van der Waals surface area contributed by atoms with Gasteiger partial charge in [0.2, 0.25) is 0 Å². The lowest BCUT2D eigenvalue weighted by atomic mass is 10.4. The highest BCUT2D eigenvalue weighted by molar-refractivity contribution is 6.32. The predicted octanol–water partition coefficient (Wildman–Crippen LogP) is 2.11. The van der Waals surface area contributed by atoms with Crippen LogP contribution in [0.2, 0.25) is 5.02 Å². The van der Waals surface area contributed by atoms with Crippen LogP contribution in [0.5, 0.6) is 5.75 Å². The summed E-state index contributed by atoms with van der Waals surface area (Å²) in [6.07, 6.45) is 3.97. The summed E-state index contributed by atoms with van der Waals surface area (Å²) >= 11 is 5.80. The summed E-state index contributed by atoms with van der Waals surface area (Å²) in [5.41, 5.74) is 6.07. The van der Waals surface area contributed by atoms with E-state index in [9.17, 15) is 0 Å². The average Bonchev–Trinajstić information content (AvgIpc) is 2.04. The molecule has 0 atom stereocenters. The second-order valence-electron chi connectivity index (χ2n) is 2.39. The highest BCUT2D eigenvalue weighted by Gasteiger charge is 2.04. The quantitative estimate of drug-likeness (QED) is 0.787. The standard InChI is InChI=1S/C8H11ClN2O/c1-2-3-12-8-6(9)4-11-5-7(8)10/h4-5H,2-3,10H2,1H3. The Morgan fingerprint density at radius 3 is 2.92 bits per heavy atom. The molecule has 4 heteroatoms. The van der Waals surface area contributed by atoms with Crippen LogP contribution >= 0.6 is 11.6 Å². The molecule has 1 rings (SSSR count). The van der Waals surface area contributed by atoms with Crippen LogP contribution in [0.25, 0.3) is 0 Å². The molecule has 1 aromatic heterocycles. The van der Waals surface area contributed by atoms with Gasteiger partial charge < -0.3 is 10.5 Å². The number of nitrogens with two attached hydrogens (primary N) is 1. The second-order valence-corrected chi connectivity index (χ2v) is 2.80. The molecule has 0 aliphatic rings. The Balaban J connectivity index is 2.81. The van der Waals surface area contributed by atoms with Crippen LogP contribution in [0.4, 0.5) is 5.69 Å². The van der Waals surface area contributed by atoms with E-state index in [0.29, 0.717) is 23.1 Å². The van der Waals surface area contributed by atoms with Gasteiger partial charge in [0.1, 0.15) is 5.02 Å². The minimum absolute atomic E-state index is 0.462.